The second-order valence-corrected chi connectivity index (χ2v) is 6.73. The third-order valence-corrected chi connectivity index (χ3v) is 4.21. The fourth-order valence-electron chi connectivity index (χ4n) is 2.64. The summed E-state index contributed by atoms with van der Waals surface area (Å²) in [6, 6.07) is 0.698. The van der Waals surface area contributed by atoms with Crippen molar-refractivity contribution in [1.29, 1.82) is 0 Å². The Labute approximate surface area is 178 Å². The molecule has 3 aromatic heterocycles. The molecule has 3 heterocycles. The molecule has 3 N–H and O–H groups in total. The molecule has 3 rings (SSSR count). The summed E-state index contributed by atoms with van der Waals surface area (Å²) in [5.41, 5.74) is 1.20. The molecule has 3 aromatic rings. The fourth-order valence-corrected chi connectivity index (χ4v) is 2.80. The Morgan fingerprint density at radius 3 is 2.83 bits per heavy atom. The van der Waals surface area contributed by atoms with Crippen LogP contribution in [0.5, 0.6) is 5.75 Å². The van der Waals surface area contributed by atoms with Gasteiger partial charge in [0.1, 0.15) is 18.2 Å². The number of hydrogen-bond donors (Lipinski definition) is 3. The highest BCUT2D eigenvalue weighted by Crippen LogP contribution is 2.30. The maximum Gasteiger partial charge on any atom is 0.405 e. The van der Waals surface area contributed by atoms with Crippen LogP contribution in [0.15, 0.2) is 24.7 Å². The van der Waals surface area contributed by atoms with Crippen LogP contribution < -0.4 is 15.4 Å². The van der Waals surface area contributed by atoms with E-state index >= 15 is 0 Å². The third kappa shape index (κ3) is 5.09. The molecule has 0 aliphatic heterocycles. The number of carbonyl (C=O) groups excluding carboxylic acids is 1. The Hall–Kier alpha value is -3.08. The Morgan fingerprint density at radius 2 is 2.13 bits per heavy atom. The fraction of sp³-hybridized carbons (Fsp3) is 0.333. The average molecular weight is 449 g/mol. The number of anilines is 1. The van der Waals surface area contributed by atoms with E-state index in [0.29, 0.717) is 34.1 Å². The number of hydrogen-bond acceptors (Lipinski definition) is 6. The highest BCUT2D eigenvalue weighted by atomic mass is 35.5. The van der Waals surface area contributed by atoms with Crippen LogP contribution in [-0.2, 0) is 4.79 Å². The zero-order valence-corrected chi connectivity index (χ0v) is 16.7. The number of alkyl halides is 3. The first-order valence-electron chi connectivity index (χ1n) is 8.91. The molecule has 1 amide bonds. The molecule has 0 bridgehead atoms. The summed E-state index contributed by atoms with van der Waals surface area (Å²) in [6.45, 7) is 2.05. The van der Waals surface area contributed by atoms with Crippen LogP contribution in [0.1, 0.15) is 18.1 Å². The molecular formula is C18H24ClF3N6O2. The largest absolute Gasteiger partial charge is 0.488 e. The Kier molecular flexibility index (Phi) is 6.30. The van der Waals surface area contributed by atoms with Crippen molar-refractivity contribution in [3.8, 4) is 17.1 Å². The first-order chi connectivity index (χ1) is 14.2. The highest BCUT2D eigenvalue weighted by Gasteiger charge is 2.29. The summed E-state index contributed by atoms with van der Waals surface area (Å²) in [6.07, 6.45) is 0.0777. The van der Waals surface area contributed by atoms with Gasteiger partial charge in [-0.2, -0.15) is 13.2 Å². The van der Waals surface area contributed by atoms with Crippen molar-refractivity contribution >= 4 is 34.4 Å². The molecule has 0 radical (unpaired) electrons. The molecule has 0 aliphatic carbocycles. The first-order valence-corrected chi connectivity index (χ1v) is 9.29. The highest BCUT2D eigenvalue weighted by molar-refractivity contribution is 6.31. The van der Waals surface area contributed by atoms with Crippen LogP contribution in [0.25, 0.3) is 22.4 Å². The van der Waals surface area contributed by atoms with Crippen LogP contribution in [0.2, 0.25) is 5.02 Å². The van der Waals surface area contributed by atoms with Gasteiger partial charge in [0.15, 0.2) is 17.4 Å². The van der Waals surface area contributed by atoms with E-state index in [2.05, 4.69) is 25.3 Å². The van der Waals surface area contributed by atoms with Gasteiger partial charge in [-0.3, -0.25) is 4.79 Å². The van der Waals surface area contributed by atoms with E-state index in [-0.39, 0.29) is 15.8 Å². The van der Waals surface area contributed by atoms with Crippen LogP contribution in [-0.4, -0.2) is 51.2 Å². The molecular weight excluding hydrogens is 425 g/mol. The standard InChI is InChI=1S/C18H18ClF3N6O2.3H2/c1-3-30-13-7-25-15(12-6-24-14-11(12)4-10(19)5-23-14)28-16(13)27-9(2)17(29)26-8-18(20,21)22;;;/h4-7,9H,3,8H2,1-2H3,(H,23,24)(H,26,29)(H,25,27,28);3*1H/t9-;;;/m0.../s1. The van der Waals surface area contributed by atoms with Gasteiger partial charge in [0.05, 0.1) is 17.8 Å². The molecule has 12 heteroatoms. The maximum absolute atomic E-state index is 12.3. The Morgan fingerprint density at radius 1 is 1.37 bits per heavy atom. The lowest BCUT2D eigenvalue weighted by Crippen LogP contribution is -2.42. The molecule has 0 unspecified atom stereocenters. The second-order valence-electron chi connectivity index (χ2n) is 6.29. The number of fused-ring (bicyclic) bond motifs is 1. The lowest BCUT2D eigenvalue weighted by molar-refractivity contribution is -0.138. The minimum Gasteiger partial charge on any atom is -0.488 e. The zero-order chi connectivity index (χ0) is 21.9. The number of carbonyl (C=O) groups is 1. The van der Waals surface area contributed by atoms with Crippen LogP contribution in [0.3, 0.4) is 0 Å². The number of ether oxygens (including phenoxy) is 1. The van der Waals surface area contributed by atoms with Crippen molar-refractivity contribution in [2.24, 2.45) is 0 Å². The number of amides is 1. The molecule has 0 spiro atoms. The number of aromatic amines is 1. The van der Waals surface area contributed by atoms with Gasteiger partial charge in [0, 0.05) is 27.6 Å². The van der Waals surface area contributed by atoms with E-state index in [4.69, 9.17) is 16.3 Å². The summed E-state index contributed by atoms with van der Waals surface area (Å²) >= 11 is 6.02. The molecule has 0 saturated heterocycles. The quantitative estimate of drug-likeness (QED) is 0.498. The topological polar surface area (TPSA) is 105 Å². The van der Waals surface area contributed by atoms with Crippen LogP contribution in [0.4, 0.5) is 19.0 Å². The summed E-state index contributed by atoms with van der Waals surface area (Å²) < 4.78 is 42.5. The Bertz CT molecular complexity index is 1070. The van der Waals surface area contributed by atoms with E-state index in [0.717, 1.165) is 0 Å². The maximum atomic E-state index is 12.3. The summed E-state index contributed by atoms with van der Waals surface area (Å²) in [5, 5.41) is 5.74. The number of pyridine rings is 1. The zero-order valence-electron chi connectivity index (χ0n) is 16.0. The summed E-state index contributed by atoms with van der Waals surface area (Å²) in [7, 11) is 0. The van der Waals surface area contributed by atoms with Crippen molar-refractivity contribution in [2.75, 3.05) is 18.5 Å². The van der Waals surface area contributed by atoms with Gasteiger partial charge in [-0.15, -0.1) is 0 Å². The number of nitrogens with zero attached hydrogens (tertiary/aromatic N) is 3. The van der Waals surface area contributed by atoms with Gasteiger partial charge < -0.3 is 20.4 Å². The van der Waals surface area contributed by atoms with E-state index in [9.17, 15) is 18.0 Å². The average Bonchev–Trinajstić information content (AvgIpc) is 3.10. The molecule has 0 aliphatic rings. The van der Waals surface area contributed by atoms with Crippen molar-refractivity contribution in [2.45, 2.75) is 26.1 Å². The molecule has 0 aromatic carbocycles. The number of halogens is 4. The van der Waals surface area contributed by atoms with Gasteiger partial charge in [-0.05, 0) is 19.9 Å². The molecule has 0 saturated carbocycles. The first kappa shape index (κ1) is 21.6. The predicted molar refractivity (Wildman–Crippen MR) is 112 cm³/mol. The van der Waals surface area contributed by atoms with E-state index in [1.807, 2.05) is 5.32 Å². The van der Waals surface area contributed by atoms with Crippen LogP contribution in [0, 0.1) is 0 Å². The molecule has 30 heavy (non-hydrogen) atoms. The predicted octanol–water partition coefficient (Wildman–Crippen LogP) is 4.29. The third-order valence-electron chi connectivity index (χ3n) is 4.00. The second kappa shape index (κ2) is 8.74. The van der Waals surface area contributed by atoms with Gasteiger partial charge >= 0.3 is 6.18 Å². The van der Waals surface area contributed by atoms with Gasteiger partial charge in [-0.1, -0.05) is 11.6 Å². The Balaban J connectivity index is 0.00000341. The molecule has 8 nitrogen and oxygen atoms in total. The van der Waals surface area contributed by atoms with Crippen molar-refractivity contribution in [3.63, 3.8) is 0 Å². The molecule has 0 fully saturated rings. The molecule has 1 atom stereocenters. The molecule has 166 valence electrons. The van der Waals surface area contributed by atoms with E-state index in [1.165, 1.54) is 19.3 Å². The number of rotatable bonds is 7. The normalized spacial score (nSPS) is 12.6. The summed E-state index contributed by atoms with van der Waals surface area (Å²) in [5.74, 6) is -0.120. The van der Waals surface area contributed by atoms with E-state index in [1.54, 1.807) is 19.2 Å². The van der Waals surface area contributed by atoms with Crippen molar-refractivity contribution in [3.05, 3.63) is 29.7 Å². The monoisotopic (exact) mass is 448 g/mol. The lowest BCUT2D eigenvalue weighted by atomic mass is 10.2. The van der Waals surface area contributed by atoms with Crippen molar-refractivity contribution < 1.29 is 27.0 Å². The number of nitrogens with one attached hydrogen (secondary N) is 3. The van der Waals surface area contributed by atoms with Gasteiger partial charge in [-0.25, -0.2) is 15.0 Å². The SMILES string of the molecule is CCOc1cnc(-c2c[nH]c3ncc(Cl)cc23)nc1N[C@@H](C)C(=O)NCC(F)(F)F.[HH].[HH].[HH]. The van der Waals surface area contributed by atoms with Gasteiger partial charge in [0.2, 0.25) is 5.91 Å². The van der Waals surface area contributed by atoms with Crippen LogP contribution >= 0.6 is 11.6 Å². The smallest absolute Gasteiger partial charge is 0.405 e. The number of aromatic nitrogens is 4. The van der Waals surface area contributed by atoms with Crippen molar-refractivity contribution in [1.82, 2.24) is 25.3 Å². The minimum atomic E-state index is -4.50. The lowest BCUT2D eigenvalue weighted by Gasteiger charge is -2.18. The van der Waals surface area contributed by atoms with E-state index < -0.39 is 24.7 Å². The minimum absolute atomic E-state index is 0. The number of H-pyrrole nitrogens is 1. The van der Waals surface area contributed by atoms with Gasteiger partial charge in [0.25, 0.3) is 0 Å². The summed E-state index contributed by atoms with van der Waals surface area (Å²) in [4.78, 5) is 27.9.